The number of rotatable bonds is 7. The molecule has 0 aliphatic carbocycles. The first-order valence-electron chi connectivity index (χ1n) is 7.84. The Balaban J connectivity index is 2.03. The molecule has 1 aliphatic heterocycles. The number of fused-ring (bicyclic) bond motifs is 1. The van der Waals surface area contributed by atoms with Gasteiger partial charge in [0.25, 0.3) is 23.4 Å². The number of benzene rings is 1. The Labute approximate surface area is 148 Å². The number of imide groups is 1. The zero-order valence-corrected chi connectivity index (χ0v) is 14.2. The van der Waals surface area contributed by atoms with Crippen LogP contribution in [0, 0.1) is 10.1 Å². The molecule has 1 N–H and O–H groups in total. The molecule has 138 valence electrons. The summed E-state index contributed by atoms with van der Waals surface area (Å²) in [7, 11) is 0. The quantitative estimate of drug-likeness (QED) is 0.325. The molecule has 0 radical (unpaired) electrons. The number of nitro benzene ring substituents is 1. The molecule has 1 aromatic rings. The number of nitro groups is 1. The zero-order chi connectivity index (χ0) is 19.4. The van der Waals surface area contributed by atoms with Crippen molar-refractivity contribution in [2.75, 3.05) is 13.2 Å². The maximum absolute atomic E-state index is 12.3. The van der Waals surface area contributed by atoms with Gasteiger partial charge in [-0.1, -0.05) is 13.0 Å². The minimum absolute atomic E-state index is 0.0852. The number of esters is 1. The third-order valence-electron chi connectivity index (χ3n) is 3.84. The van der Waals surface area contributed by atoms with Crippen LogP contribution in [0.25, 0.3) is 0 Å². The first-order chi connectivity index (χ1) is 12.3. The Bertz CT molecular complexity index is 790. The molecule has 0 bridgehead atoms. The average molecular weight is 363 g/mol. The van der Waals surface area contributed by atoms with Crippen LogP contribution in [0.5, 0.6) is 0 Å². The van der Waals surface area contributed by atoms with Gasteiger partial charge in [0, 0.05) is 12.1 Å². The average Bonchev–Trinajstić information content (AvgIpc) is 2.84. The van der Waals surface area contributed by atoms with Gasteiger partial charge in [-0.2, -0.15) is 0 Å². The van der Waals surface area contributed by atoms with Crippen molar-refractivity contribution < 1.29 is 28.8 Å². The highest BCUT2D eigenvalue weighted by molar-refractivity contribution is 6.24. The molecule has 0 saturated heterocycles. The Morgan fingerprint density at radius 1 is 1.31 bits per heavy atom. The van der Waals surface area contributed by atoms with Gasteiger partial charge in [-0.25, -0.2) is 0 Å². The fraction of sp³-hybridized carbons (Fsp3) is 0.375. The number of nitrogens with zero attached hydrogens (tertiary/aromatic N) is 2. The van der Waals surface area contributed by atoms with E-state index in [4.69, 9.17) is 4.74 Å². The van der Waals surface area contributed by atoms with E-state index < -0.39 is 47.5 Å². The fourth-order valence-electron chi connectivity index (χ4n) is 2.35. The zero-order valence-electron chi connectivity index (χ0n) is 14.2. The molecule has 26 heavy (non-hydrogen) atoms. The summed E-state index contributed by atoms with van der Waals surface area (Å²) in [5.74, 6) is -3.25. The van der Waals surface area contributed by atoms with E-state index in [9.17, 15) is 29.3 Å². The molecule has 0 spiro atoms. The molecule has 1 aromatic carbocycles. The summed E-state index contributed by atoms with van der Waals surface area (Å²) in [6.45, 7) is 2.37. The standard InChI is InChI=1S/C16H17N3O7/c1-3-9(2)17-12(20)8-26-13(21)7-18-15(22)10-5-4-6-11(19(24)25)14(10)16(18)23/h4-6,9H,3,7-8H2,1-2H3,(H,17,20)/t9-/m1/s1. The lowest BCUT2D eigenvalue weighted by Crippen LogP contribution is -2.38. The lowest BCUT2D eigenvalue weighted by Gasteiger charge is -2.14. The molecule has 0 fully saturated rings. The third-order valence-corrected chi connectivity index (χ3v) is 3.84. The minimum atomic E-state index is -0.971. The van der Waals surface area contributed by atoms with Gasteiger partial charge >= 0.3 is 5.97 Å². The minimum Gasteiger partial charge on any atom is -0.454 e. The van der Waals surface area contributed by atoms with Crippen molar-refractivity contribution >= 4 is 29.4 Å². The highest BCUT2D eigenvalue weighted by Gasteiger charge is 2.41. The van der Waals surface area contributed by atoms with Crippen molar-refractivity contribution in [1.82, 2.24) is 10.2 Å². The van der Waals surface area contributed by atoms with Gasteiger partial charge in [0.15, 0.2) is 6.61 Å². The van der Waals surface area contributed by atoms with Crippen LogP contribution < -0.4 is 5.32 Å². The number of amides is 3. The van der Waals surface area contributed by atoms with E-state index in [0.717, 1.165) is 6.07 Å². The highest BCUT2D eigenvalue weighted by atomic mass is 16.6. The summed E-state index contributed by atoms with van der Waals surface area (Å²) in [5.41, 5.74) is -1.01. The van der Waals surface area contributed by atoms with Crippen LogP contribution in [0.3, 0.4) is 0 Å². The second-order valence-corrected chi connectivity index (χ2v) is 5.69. The molecule has 3 amide bonds. The van der Waals surface area contributed by atoms with Crippen molar-refractivity contribution in [2.45, 2.75) is 26.3 Å². The largest absolute Gasteiger partial charge is 0.454 e. The Kier molecular flexibility index (Phi) is 5.65. The molecule has 1 aliphatic rings. The Morgan fingerprint density at radius 2 is 2.00 bits per heavy atom. The van der Waals surface area contributed by atoms with E-state index >= 15 is 0 Å². The van der Waals surface area contributed by atoms with Crippen LogP contribution in [0.4, 0.5) is 5.69 Å². The van der Waals surface area contributed by atoms with Crippen LogP contribution in [-0.2, 0) is 14.3 Å². The predicted octanol–water partition coefficient (Wildman–Crippen LogP) is 0.649. The number of carbonyl (C=O) groups is 4. The predicted molar refractivity (Wildman–Crippen MR) is 87.3 cm³/mol. The molecular formula is C16H17N3O7. The lowest BCUT2D eigenvalue weighted by molar-refractivity contribution is -0.385. The maximum atomic E-state index is 12.3. The Hall–Kier alpha value is -3.30. The summed E-state index contributed by atoms with van der Waals surface area (Å²) < 4.78 is 4.75. The van der Waals surface area contributed by atoms with E-state index in [1.54, 1.807) is 6.92 Å². The van der Waals surface area contributed by atoms with E-state index in [2.05, 4.69) is 5.32 Å². The molecule has 10 nitrogen and oxygen atoms in total. The smallest absolute Gasteiger partial charge is 0.326 e. The van der Waals surface area contributed by atoms with Crippen LogP contribution in [0.2, 0.25) is 0 Å². The van der Waals surface area contributed by atoms with Gasteiger partial charge in [0.05, 0.1) is 10.5 Å². The van der Waals surface area contributed by atoms with Crippen LogP contribution >= 0.6 is 0 Å². The van der Waals surface area contributed by atoms with Gasteiger partial charge < -0.3 is 10.1 Å². The second kappa shape index (κ2) is 7.72. The summed E-state index contributed by atoms with van der Waals surface area (Å²) >= 11 is 0. The van der Waals surface area contributed by atoms with E-state index in [0.29, 0.717) is 11.3 Å². The summed E-state index contributed by atoms with van der Waals surface area (Å²) in [6.07, 6.45) is 0.702. The fourth-order valence-corrected chi connectivity index (χ4v) is 2.35. The number of nitrogens with one attached hydrogen (secondary N) is 1. The Morgan fingerprint density at radius 3 is 2.62 bits per heavy atom. The SMILES string of the molecule is CC[C@@H](C)NC(=O)COC(=O)CN1C(=O)c2cccc([N+](=O)[O-])c2C1=O. The van der Waals surface area contributed by atoms with E-state index in [1.807, 2.05) is 6.92 Å². The highest BCUT2D eigenvalue weighted by Crippen LogP contribution is 2.30. The molecule has 0 unspecified atom stereocenters. The number of hydrogen-bond acceptors (Lipinski definition) is 7. The lowest BCUT2D eigenvalue weighted by atomic mass is 10.1. The van der Waals surface area contributed by atoms with Gasteiger partial charge in [-0.15, -0.1) is 0 Å². The normalized spacial score (nSPS) is 14.0. The third kappa shape index (κ3) is 3.85. The van der Waals surface area contributed by atoms with Crippen molar-refractivity contribution in [3.8, 4) is 0 Å². The molecule has 10 heteroatoms. The van der Waals surface area contributed by atoms with Crippen LogP contribution in [-0.4, -0.2) is 52.7 Å². The van der Waals surface area contributed by atoms with Crippen molar-refractivity contribution in [2.24, 2.45) is 0 Å². The molecule has 0 aromatic heterocycles. The first kappa shape index (κ1) is 19.0. The topological polar surface area (TPSA) is 136 Å². The monoisotopic (exact) mass is 363 g/mol. The van der Waals surface area contributed by atoms with E-state index in [-0.39, 0.29) is 17.2 Å². The van der Waals surface area contributed by atoms with Gasteiger partial charge in [0.1, 0.15) is 12.1 Å². The molecular weight excluding hydrogens is 346 g/mol. The van der Waals surface area contributed by atoms with Gasteiger partial charge in [-0.05, 0) is 19.4 Å². The molecule has 1 atom stereocenters. The van der Waals surface area contributed by atoms with Crippen LogP contribution in [0.1, 0.15) is 41.0 Å². The summed E-state index contributed by atoms with van der Waals surface area (Å²) in [6, 6.07) is 3.57. The van der Waals surface area contributed by atoms with Crippen molar-refractivity contribution in [1.29, 1.82) is 0 Å². The summed E-state index contributed by atoms with van der Waals surface area (Å²) in [5, 5.41) is 13.6. The van der Waals surface area contributed by atoms with E-state index in [1.165, 1.54) is 12.1 Å². The number of carbonyl (C=O) groups excluding carboxylic acids is 4. The summed E-state index contributed by atoms with van der Waals surface area (Å²) in [4.78, 5) is 58.8. The molecule has 2 rings (SSSR count). The van der Waals surface area contributed by atoms with Crippen molar-refractivity contribution in [3.05, 3.63) is 39.4 Å². The number of ether oxygens (including phenoxy) is 1. The molecule has 0 saturated carbocycles. The van der Waals surface area contributed by atoms with Crippen molar-refractivity contribution in [3.63, 3.8) is 0 Å². The number of hydrogen-bond donors (Lipinski definition) is 1. The van der Waals surface area contributed by atoms with Crippen LogP contribution in [0.15, 0.2) is 18.2 Å². The molecule has 1 heterocycles. The first-order valence-corrected chi connectivity index (χ1v) is 7.84. The maximum Gasteiger partial charge on any atom is 0.326 e. The second-order valence-electron chi connectivity index (χ2n) is 5.69. The van der Waals surface area contributed by atoms with Gasteiger partial charge in [-0.3, -0.25) is 34.2 Å². The van der Waals surface area contributed by atoms with Gasteiger partial charge in [0.2, 0.25) is 0 Å².